The number of nitrogens with zero attached hydrogens (tertiary/aromatic N) is 4. The Balaban J connectivity index is 1.30. The summed E-state index contributed by atoms with van der Waals surface area (Å²) in [6.07, 6.45) is 2.71. The molecule has 0 saturated carbocycles. The summed E-state index contributed by atoms with van der Waals surface area (Å²) in [5.74, 6) is -2.30. The lowest BCUT2D eigenvalue weighted by molar-refractivity contribution is -0.146. The molecule has 2 aliphatic heterocycles. The highest BCUT2D eigenvalue weighted by Gasteiger charge is 2.37. The molecule has 2 aromatic carbocycles. The molecule has 48 heavy (non-hydrogen) atoms. The van der Waals surface area contributed by atoms with Crippen molar-refractivity contribution in [1.29, 1.82) is 0 Å². The van der Waals surface area contributed by atoms with Crippen LogP contribution in [-0.4, -0.2) is 71.0 Å². The summed E-state index contributed by atoms with van der Waals surface area (Å²) in [5.41, 5.74) is 4.20. The third-order valence-corrected chi connectivity index (χ3v) is 8.97. The molecule has 4 heterocycles. The second-order valence-electron chi connectivity index (χ2n) is 12.2. The number of amides is 1. The fraction of sp³-hybridized carbons (Fsp3) is 0.389. The number of hydrogen-bond acceptors (Lipinski definition) is 8. The van der Waals surface area contributed by atoms with Crippen LogP contribution in [0.25, 0.3) is 16.9 Å². The zero-order valence-corrected chi connectivity index (χ0v) is 27.2. The highest BCUT2D eigenvalue weighted by atomic mass is 19.2. The topological polar surface area (TPSA) is 108 Å². The lowest BCUT2D eigenvalue weighted by Crippen LogP contribution is -2.39. The number of carbonyl (C=O) groups is 2. The molecule has 0 spiro atoms. The molecule has 1 amide bonds. The van der Waals surface area contributed by atoms with Gasteiger partial charge >= 0.3 is 0 Å². The van der Waals surface area contributed by atoms with Gasteiger partial charge in [0.05, 0.1) is 24.2 Å². The van der Waals surface area contributed by atoms with Crippen LogP contribution in [0.4, 0.5) is 8.78 Å². The average Bonchev–Trinajstić information content (AvgIpc) is 3.66. The van der Waals surface area contributed by atoms with E-state index in [0.717, 1.165) is 36.2 Å². The standard InChI is InChI=1S/C36H39F2N5O5/c1-4-42-21-25(34(48-42)23-10-11-30(37)31(38)18-23)16-28(44)19-32-22(2)33(41-43(32)27-8-6-5-7-9-27)24-17-29(36(46-3)39-20-24)35(45)40-26-12-14-47-15-13-26/h5-11,17-18,20,25-26,34H,4,12-16,19,21H2,1-3H3,(H,40,45)/t25-,34+/m1/s1. The monoisotopic (exact) mass is 659 g/mol. The molecule has 0 aliphatic carbocycles. The summed E-state index contributed by atoms with van der Waals surface area (Å²) in [6.45, 7) is 6.08. The Morgan fingerprint density at radius 3 is 2.54 bits per heavy atom. The van der Waals surface area contributed by atoms with E-state index in [1.165, 1.54) is 13.2 Å². The minimum Gasteiger partial charge on any atom is -0.480 e. The van der Waals surface area contributed by atoms with Crippen LogP contribution in [0, 0.1) is 24.5 Å². The molecule has 12 heteroatoms. The van der Waals surface area contributed by atoms with Crippen molar-refractivity contribution in [1.82, 2.24) is 25.1 Å². The molecular formula is C36H39F2N5O5. The van der Waals surface area contributed by atoms with Gasteiger partial charge in [0, 0.05) is 62.9 Å². The first kappa shape index (κ1) is 33.4. The van der Waals surface area contributed by atoms with Gasteiger partial charge in [0.15, 0.2) is 11.6 Å². The number of hydroxylamine groups is 2. The van der Waals surface area contributed by atoms with Crippen LogP contribution in [-0.2, 0) is 20.8 Å². The zero-order valence-electron chi connectivity index (χ0n) is 27.2. The van der Waals surface area contributed by atoms with Crippen LogP contribution in [0.3, 0.4) is 0 Å². The van der Waals surface area contributed by atoms with Crippen molar-refractivity contribution in [3.63, 3.8) is 0 Å². The predicted octanol–water partition coefficient (Wildman–Crippen LogP) is 5.56. The number of halogens is 2. The minimum absolute atomic E-state index is 0.00685. The predicted molar refractivity (Wildman–Crippen MR) is 174 cm³/mol. The molecule has 252 valence electrons. The Morgan fingerprint density at radius 1 is 1.06 bits per heavy atom. The highest BCUT2D eigenvalue weighted by Crippen LogP contribution is 2.37. The zero-order chi connectivity index (χ0) is 33.8. The molecule has 0 unspecified atom stereocenters. The van der Waals surface area contributed by atoms with Crippen LogP contribution >= 0.6 is 0 Å². The Bertz CT molecular complexity index is 1780. The molecular weight excluding hydrogens is 620 g/mol. The van der Waals surface area contributed by atoms with E-state index in [1.54, 1.807) is 22.0 Å². The molecule has 4 aromatic rings. The van der Waals surface area contributed by atoms with E-state index in [0.29, 0.717) is 48.8 Å². The SMILES string of the molecule is CCN1C[C@@H](CC(=O)Cc2c(C)c(-c3cnc(OC)c(C(=O)NC4CCOCC4)c3)nn2-c2ccccc2)[C@H](c2ccc(F)c(F)c2)O1. The maximum Gasteiger partial charge on any atom is 0.257 e. The van der Waals surface area contributed by atoms with E-state index in [-0.39, 0.29) is 47.9 Å². The number of benzene rings is 2. The molecule has 6 rings (SSSR count). The fourth-order valence-corrected chi connectivity index (χ4v) is 6.40. The van der Waals surface area contributed by atoms with Gasteiger partial charge in [0.2, 0.25) is 5.88 Å². The van der Waals surface area contributed by atoms with Gasteiger partial charge in [-0.3, -0.25) is 14.4 Å². The Labute approximate surface area is 278 Å². The first-order valence-corrected chi connectivity index (χ1v) is 16.2. The van der Waals surface area contributed by atoms with Crippen LogP contribution in [0.5, 0.6) is 5.88 Å². The van der Waals surface area contributed by atoms with E-state index in [4.69, 9.17) is 19.4 Å². The number of rotatable bonds is 11. The highest BCUT2D eigenvalue weighted by molar-refractivity contribution is 5.97. The third-order valence-electron chi connectivity index (χ3n) is 8.97. The van der Waals surface area contributed by atoms with Crippen molar-refractivity contribution in [2.24, 2.45) is 5.92 Å². The smallest absolute Gasteiger partial charge is 0.257 e. The summed E-state index contributed by atoms with van der Waals surface area (Å²) < 4.78 is 40.4. The number of hydrogen-bond donors (Lipinski definition) is 1. The van der Waals surface area contributed by atoms with Crippen molar-refractivity contribution in [3.8, 4) is 22.8 Å². The number of para-hydroxylation sites is 1. The number of carbonyl (C=O) groups excluding carboxylic acids is 2. The van der Waals surface area contributed by atoms with Gasteiger partial charge in [-0.15, -0.1) is 0 Å². The molecule has 2 saturated heterocycles. The molecule has 2 atom stereocenters. The van der Waals surface area contributed by atoms with E-state index in [1.807, 2.05) is 44.2 Å². The van der Waals surface area contributed by atoms with Gasteiger partial charge in [-0.1, -0.05) is 31.2 Å². The van der Waals surface area contributed by atoms with Crippen LogP contribution in [0.1, 0.15) is 59.5 Å². The summed E-state index contributed by atoms with van der Waals surface area (Å²) in [5, 5.41) is 9.75. The number of ether oxygens (including phenoxy) is 2. The molecule has 2 aliphatic rings. The molecule has 1 N–H and O–H groups in total. The lowest BCUT2D eigenvalue weighted by Gasteiger charge is -2.23. The Hall–Kier alpha value is -4.52. The van der Waals surface area contributed by atoms with Crippen LogP contribution < -0.4 is 10.1 Å². The van der Waals surface area contributed by atoms with E-state index < -0.39 is 17.7 Å². The number of nitrogens with one attached hydrogen (secondary N) is 1. The molecule has 2 fully saturated rings. The lowest BCUT2D eigenvalue weighted by atomic mass is 9.90. The number of ketones is 1. The van der Waals surface area contributed by atoms with Crippen molar-refractivity contribution in [3.05, 3.63) is 94.8 Å². The third kappa shape index (κ3) is 7.15. The molecule has 0 bridgehead atoms. The first-order valence-electron chi connectivity index (χ1n) is 16.2. The Kier molecular flexibility index (Phi) is 10.2. The summed E-state index contributed by atoms with van der Waals surface area (Å²) in [7, 11) is 1.47. The minimum atomic E-state index is -0.955. The first-order chi connectivity index (χ1) is 23.2. The van der Waals surface area contributed by atoms with Crippen LogP contribution in [0.15, 0.2) is 60.8 Å². The second-order valence-corrected chi connectivity index (χ2v) is 12.2. The van der Waals surface area contributed by atoms with Gasteiger partial charge < -0.3 is 14.8 Å². The normalized spacial score (nSPS) is 18.6. The van der Waals surface area contributed by atoms with E-state index in [2.05, 4.69) is 10.3 Å². The maximum atomic E-state index is 14.1. The molecule has 10 nitrogen and oxygen atoms in total. The van der Waals surface area contributed by atoms with Crippen molar-refractivity contribution in [2.75, 3.05) is 33.4 Å². The largest absolute Gasteiger partial charge is 0.480 e. The maximum absolute atomic E-state index is 14.1. The summed E-state index contributed by atoms with van der Waals surface area (Å²) >= 11 is 0. The van der Waals surface area contributed by atoms with Crippen LogP contribution in [0.2, 0.25) is 0 Å². The van der Waals surface area contributed by atoms with Gasteiger partial charge in [0.25, 0.3) is 5.91 Å². The number of methoxy groups -OCH3 is 1. The van der Waals surface area contributed by atoms with Gasteiger partial charge in [-0.2, -0.15) is 10.2 Å². The van der Waals surface area contributed by atoms with Gasteiger partial charge in [0.1, 0.15) is 17.5 Å². The van der Waals surface area contributed by atoms with E-state index in [9.17, 15) is 18.4 Å². The Morgan fingerprint density at radius 2 is 1.83 bits per heavy atom. The molecule has 2 aromatic heterocycles. The van der Waals surface area contributed by atoms with Crippen molar-refractivity contribution >= 4 is 11.7 Å². The summed E-state index contributed by atoms with van der Waals surface area (Å²) in [6, 6.07) is 14.9. The fourth-order valence-electron chi connectivity index (χ4n) is 6.40. The van der Waals surface area contributed by atoms with Gasteiger partial charge in [-0.25, -0.2) is 18.4 Å². The number of pyridine rings is 1. The number of aromatic nitrogens is 3. The van der Waals surface area contributed by atoms with E-state index >= 15 is 0 Å². The summed E-state index contributed by atoms with van der Waals surface area (Å²) in [4.78, 5) is 37.7. The average molecular weight is 660 g/mol. The quantitative estimate of drug-likeness (QED) is 0.223. The van der Waals surface area contributed by atoms with Crippen molar-refractivity contribution < 1.29 is 32.7 Å². The van der Waals surface area contributed by atoms with Gasteiger partial charge in [-0.05, 0) is 61.2 Å². The number of Topliss-reactive ketones (excluding diaryl/α,β-unsaturated/α-hetero) is 1. The molecule has 0 radical (unpaired) electrons. The second kappa shape index (κ2) is 14.7. The van der Waals surface area contributed by atoms with Crippen molar-refractivity contribution in [2.45, 2.75) is 51.7 Å².